The Labute approximate surface area is 188 Å². The highest BCUT2D eigenvalue weighted by molar-refractivity contribution is 7.92. The van der Waals surface area contributed by atoms with Crippen molar-refractivity contribution in [3.8, 4) is 0 Å². The lowest BCUT2D eigenvalue weighted by Crippen LogP contribution is -2.31. The number of anilines is 2. The van der Waals surface area contributed by atoms with Gasteiger partial charge >= 0.3 is 0 Å². The van der Waals surface area contributed by atoms with Gasteiger partial charge in [0.25, 0.3) is 5.91 Å². The first-order valence-corrected chi connectivity index (χ1v) is 12.4. The third-order valence-corrected chi connectivity index (χ3v) is 6.55. The van der Waals surface area contributed by atoms with Crippen molar-refractivity contribution in [2.45, 2.75) is 25.7 Å². The maximum absolute atomic E-state index is 12.7. The SMILES string of the molecule is CS(=O)(=O)N(CCCC(=O)Nc1ccccc1C(=O)N1CCCC1)c1ccc(Cl)cc1. The van der Waals surface area contributed by atoms with Crippen molar-refractivity contribution in [1.82, 2.24) is 4.90 Å². The summed E-state index contributed by atoms with van der Waals surface area (Å²) in [5.74, 6) is -0.356. The summed E-state index contributed by atoms with van der Waals surface area (Å²) < 4.78 is 25.6. The minimum atomic E-state index is -3.51. The molecule has 0 aromatic heterocycles. The molecule has 7 nitrogen and oxygen atoms in total. The third kappa shape index (κ3) is 6.21. The summed E-state index contributed by atoms with van der Waals surface area (Å²) in [7, 11) is -3.51. The second-order valence-electron chi connectivity index (χ2n) is 7.51. The Morgan fingerprint density at radius 2 is 1.71 bits per heavy atom. The van der Waals surface area contributed by atoms with Gasteiger partial charge in [-0.15, -0.1) is 0 Å². The van der Waals surface area contributed by atoms with E-state index in [-0.39, 0.29) is 24.8 Å². The number of nitrogens with one attached hydrogen (secondary N) is 1. The zero-order valence-corrected chi connectivity index (χ0v) is 19.0. The Bertz CT molecular complexity index is 1030. The van der Waals surface area contributed by atoms with Crippen molar-refractivity contribution in [3.63, 3.8) is 0 Å². The number of rotatable bonds is 8. The van der Waals surface area contributed by atoms with Crippen LogP contribution in [0.4, 0.5) is 11.4 Å². The highest BCUT2D eigenvalue weighted by Gasteiger charge is 2.22. The fourth-order valence-corrected chi connectivity index (χ4v) is 4.65. The summed E-state index contributed by atoms with van der Waals surface area (Å²) in [6.45, 7) is 1.61. The van der Waals surface area contributed by atoms with Gasteiger partial charge in [-0.3, -0.25) is 13.9 Å². The van der Waals surface area contributed by atoms with Crippen molar-refractivity contribution in [2.24, 2.45) is 0 Å². The zero-order chi connectivity index (χ0) is 22.4. The summed E-state index contributed by atoms with van der Waals surface area (Å²) in [4.78, 5) is 27.0. The van der Waals surface area contributed by atoms with Gasteiger partial charge in [0.1, 0.15) is 0 Å². The number of carbonyl (C=O) groups is 2. The normalized spacial score (nSPS) is 13.8. The van der Waals surface area contributed by atoms with Gasteiger partial charge in [0.05, 0.1) is 23.2 Å². The molecule has 166 valence electrons. The molecule has 0 saturated carbocycles. The van der Waals surface area contributed by atoms with Crippen LogP contribution in [0.3, 0.4) is 0 Å². The van der Waals surface area contributed by atoms with Crippen LogP contribution in [0.15, 0.2) is 48.5 Å². The predicted octanol–water partition coefficient (Wildman–Crippen LogP) is 3.76. The average molecular weight is 464 g/mol. The highest BCUT2D eigenvalue weighted by Crippen LogP contribution is 2.22. The van der Waals surface area contributed by atoms with Crippen LogP contribution in [-0.2, 0) is 14.8 Å². The number of likely N-dealkylation sites (tertiary alicyclic amines) is 1. The molecule has 1 N–H and O–H groups in total. The Morgan fingerprint density at radius 3 is 2.35 bits per heavy atom. The monoisotopic (exact) mass is 463 g/mol. The number of halogens is 1. The molecule has 0 bridgehead atoms. The minimum Gasteiger partial charge on any atom is -0.339 e. The van der Waals surface area contributed by atoms with Gasteiger partial charge in [-0.25, -0.2) is 8.42 Å². The Hall–Kier alpha value is -2.58. The molecule has 2 amide bonds. The molecule has 2 aromatic carbocycles. The van der Waals surface area contributed by atoms with Gasteiger partial charge in [0, 0.05) is 31.1 Å². The molecule has 9 heteroatoms. The molecular formula is C22H26ClN3O4S. The van der Waals surface area contributed by atoms with E-state index in [4.69, 9.17) is 11.6 Å². The van der Waals surface area contributed by atoms with E-state index in [0.29, 0.717) is 28.4 Å². The lowest BCUT2D eigenvalue weighted by Gasteiger charge is -2.22. The predicted molar refractivity (Wildman–Crippen MR) is 123 cm³/mol. The number of para-hydroxylation sites is 1. The van der Waals surface area contributed by atoms with E-state index in [1.54, 1.807) is 53.4 Å². The van der Waals surface area contributed by atoms with E-state index in [0.717, 1.165) is 32.2 Å². The highest BCUT2D eigenvalue weighted by atomic mass is 35.5. The molecule has 31 heavy (non-hydrogen) atoms. The van der Waals surface area contributed by atoms with Gasteiger partial charge < -0.3 is 10.2 Å². The lowest BCUT2D eigenvalue weighted by atomic mass is 10.1. The number of benzene rings is 2. The molecule has 1 fully saturated rings. The van der Waals surface area contributed by atoms with E-state index < -0.39 is 10.0 Å². The van der Waals surface area contributed by atoms with Gasteiger partial charge in [-0.2, -0.15) is 0 Å². The number of hydrogen-bond acceptors (Lipinski definition) is 4. The topological polar surface area (TPSA) is 86.8 Å². The van der Waals surface area contributed by atoms with Gasteiger partial charge in [0.2, 0.25) is 15.9 Å². The van der Waals surface area contributed by atoms with Crippen LogP contribution in [0.1, 0.15) is 36.0 Å². The van der Waals surface area contributed by atoms with Crippen molar-refractivity contribution in [2.75, 3.05) is 35.5 Å². The maximum Gasteiger partial charge on any atom is 0.255 e. The van der Waals surface area contributed by atoms with E-state index in [9.17, 15) is 18.0 Å². The summed E-state index contributed by atoms with van der Waals surface area (Å²) in [5.41, 5.74) is 1.44. The quantitative estimate of drug-likeness (QED) is 0.645. The number of carbonyl (C=O) groups excluding carboxylic acids is 2. The number of hydrogen-bond donors (Lipinski definition) is 1. The van der Waals surface area contributed by atoms with Crippen molar-refractivity contribution < 1.29 is 18.0 Å². The van der Waals surface area contributed by atoms with Crippen molar-refractivity contribution in [3.05, 3.63) is 59.1 Å². The number of sulfonamides is 1. The molecule has 1 saturated heterocycles. The van der Waals surface area contributed by atoms with Crippen LogP contribution in [0, 0.1) is 0 Å². The lowest BCUT2D eigenvalue weighted by molar-refractivity contribution is -0.116. The smallest absolute Gasteiger partial charge is 0.255 e. The molecule has 1 aliphatic rings. The van der Waals surface area contributed by atoms with Crippen LogP contribution >= 0.6 is 11.6 Å². The molecule has 2 aromatic rings. The molecule has 0 aliphatic carbocycles. The fraction of sp³-hybridized carbons (Fsp3) is 0.364. The molecular weight excluding hydrogens is 438 g/mol. The molecule has 1 heterocycles. The van der Waals surface area contributed by atoms with Gasteiger partial charge in [0.15, 0.2) is 0 Å². The van der Waals surface area contributed by atoms with Crippen molar-refractivity contribution in [1.29, 1.82) is 0 Å². The Kier molecular flexibility index (Phi) is 7.56. The summed E-state index contributed by atoms with van der Waals surface area (Å²) >= 11 is 5.88. The zero-order valence-electron chi connectivity index (χ0n) is 17.4. The van der Waals surface area contributed by atoms with E-state index >= 15 is 0 Å². The van der Waals surface area contributed by atoms with Crippen LogP contribution in [0.5, 0.6) is 0 Å². The first-order chi connectivity index (χ1) is 14.8. The first-order valence-electron chi connectivity index (χ1n) is 10.2. The second-order valence-corrected chi connectivity index (χ2v) is 9.85. The molecule has 1 aliphatic heterocycles. The third-order valence-electron chi connectivity index (χ3n) is 5.10. The summed E-state index contributed by atoms with van der Waals surface area (Å²) in [6, 6.07) is 13.5. The minimum absolute atomic E-state index is 0.0839. The fourth-order valence-electron chi connectivity index (χ4n) is 3.56. The molecule has 0 atom stereocenters. The molecule has 3 rings (SSSR count). The summed E-state index contributed by atoms with van der Waals surface area (Å²) in [5, 5.41) is 3.32. The average Bonchev–Trinajstić information content (AvgIpc) is 3.26. The van der Waals surface area contributed by atoms with Gasteiger partial charge in [-0.1, -0.05) is 23.7 Å². The number of nitrogens with zero attached hydrogens (tertiary/aromatic N) is 2. The van der Waals surface area contributed by atoms with E-state index in [2.05, 4.69) is 5.32 Å². The molecule has 0 radical (unpaired) electrons. The molecule has 0 unspecified atom stereocenters. The van der Waals surface area contributed by atoms with Crippen LogP contribution < -0.4 is 9.62 Å². The number of amides is 2. The van der Waals surface area contributed by atoms with Crippen LogP contribution in [-0.4, -0.2) is 51.0 Å². The largest absolute Gasteiger partial charge is 0.339 e. The van der Waals surface area contributed by atoms with E-state index in [1.807, 2.05) is 0 Å². The summed E-state index contributed by atoms with van der Waals surface area (Å²) in [6.07, 6.45) is 3.55. The Morgan fingerprint density at radius 1 is 1.06 bits per heavy atom. The first kappa shape index (κ1) is 23.1. The van der Waals surface area contributed by atoms with Crippen molar-refractivity contribution >= 4 is 44.8 Å². The second kappa shape index (κ2) is 10.2. The van der Waals surface area contributed by atoms with E-state index in [1.165, 1.54) is 4.31 Å². The van der Waals surface area contributed by atoms with Gasteiger partial charge in [-0.05, 0) is 55.7 Å². The van der Waals surface area contributed by atoms with Crippen LogP contribution in [0.25, 0.3) is 0 Å². The maximum atomic E-state index is 12.7. The molecule has 0 spiro atoms. The Balaban J connectivity index is 1.61. The standard InChI is InChI=1S/C22H26ClN3O4S/c1-31(29,30)26(18-12-10-17(23)11-13-18)16-6-9-21(27)24-20-8-3-2-7-19(20)22(28)25-14-4-5-15-25/h2-3,7-8,10-13H,4-6,9,14-16H2,1H3,(H,24,27). The van der Waals surface area contributed by atoms with Crippen LogP contribution in [0.2, 0.25) is 5.02 Å².